The summed E-state index contributed by atoms with van der Waals surface area (Å²) in [4.78, 5) is 35.7. The molecule has 198 valence electrons. The number of hydrogen-bond acceptors (Lipinski definition) is 6. The Hall–Kier alpha value is -4.00. The van der Waals surface area contributed by atoms with Crippen molar-refractivity contribution in [3.63, 3.8) is 0 Å². The quantitative estimate of drug-likeness (QED) is 0.205. The Morgan fingerprint density at radius 3 is 2.03 bits per heavy atom. The predicted molar refractivity (Wildman–Crippen MR) is 147 cm³/mol. The summed E-state index contributed by atoms with van der Waals surface area (Å²) in [6, 6.07) is 19.6. The minimum absolute atomic E-state index is 0.181. The van der Waals surface area contributed by atoms with Gasteiger partial charge in [0.25, 0.3) is 0 Å². The van der Waals surface area contributed by atoms with E-state index in [1.165, 1.54) is 0 Å². The topological polar surface area (TPSA) is 83.3 Å². The van der Waals surface area contributed by atoms with Gasteiger partial charge in [0.2, 0.25) is 0 Å². The van der Waals surface area contributed by atoms with Crippen LogP contribution in [0, 0.1) is 19.8 Å². The standard InChI is InChI=1S/C31H35N3O4/c1-6-25-33-28-20(4)18-21(5)32-29(28)34(25)19-22-14-16-24(17-15-22)26(23-12-10-9-11-13-23)27(30(35)37-7-2)31(36)38-8-3/h9-18,26-27H,6-8,19H2,1-5H3. The van der Waals surface area contributed by atoms with Crippen LogP contribution >= 0.6 is 0 Å². The smallest absolute Gasteiger partial charge is 0.321 e. The molecule has 0 N–H and O–H groups in total. The fourth-order valence-corrected chi connectivity index (χ4v) is 4.97. The number of imidazole rings is 1. The number of carbonyl (C=O) groups excluding carboxylic acids is 2. The maximum absolute atomic E-state index is 13.0. The SMILES string of the molecule is CCOC(=O)C(C(=O)OCC)C(c1ccccc1)c1ccc(Cn2c(CC)nc3c(C)cc(C)nc32)cc1. The van der Waals surface area contributed by atoms with Gasteiger partial charge in [0.05, 0.1) is 19.8 Å². The van der Waals surface area contributed by atoms with E-state index in [1.54, 1.807) is 13.8 Å². The van der Waals surface area contributed by atoms with Gasteiger partial charge in [-0.05, 0) is 56.0 Å². The van der Waals surface area contributed by atoms with Crippen LogP contribution in [0.1, 0.15) is 60.5 Å². The molecular weight excluding hydrogens is 478 g/mol. The normalized spacial score (nSPS) is 12.1. The van der Waals surface area contributed by atoms with Gasteiger partial charge in [0.15, 0.2) is 11.6 Å². The minimum Gasteiger partial charge on any atom is -0.465 e. The van der Waals surface area contributed by atoms with Crippen LogP contribution < -0.4 is 0 Å². The van der Waals surface area contributed by atoms with Crippen LogP contribution in [0.25, 0.3) is 11.2 Å². The fraction of sp³-hybridized carbons (Fsp3) is 0.355. The molecule has 2 aromatic heterocycles. The molecule has 0 amide bonds. The number of ether oxygens (including phenoxy) is 2. The van der Waals surface area contributed by atoms with E-state index in [9.17, 15) is 9.59 Å². The second-order valence-corrected chi connectivity index (χ2v) is 9.33. The van der Waals surface area contributed by atoms with Crippen molar-refractivity contribution in [3.05, 3.63) is 94.4 Å². The van der Waals surface area contributed by atoms with Gasteiger partial charge in [-0.15, -0.1) is 0 Å². The lowest BCUT2D eigenvalue weighted by molar-refractivity contribution is -0.162. The number of carbonyl (C=O) groups is 2. The first-order chi connectivity index (χ1) is 18.4. The fourth-order valence-electron chi connectivity index (χ4n) is 4.97. The minimum atomic E-state index is -1.11. The van der Waals surface area contributed by atoms with E-state index in [1.807, 2.05) is 61.5 Å². The Labute approximate surface area is 223 Å². The van der Waals surface area contributed by atoms with Gasteiger partial charge in [0.1, 0.15) is 11.3 Å². The van der Waals surface area contributed by atoms with Gasteiger partial charge >= 0.3 is 11.9 Å². The molecule has 0 bridgehead atoms. The van der Waals surface area contributed by atoms with Crippen molar-refractivity contribution in [1.29, 1.82) is 0 Å². The second kappa shape index (κ2) is 12.0. The van der Waals surface area contributed by atoms with Crippen LogP contribution in [-0.4, -0.2) is 39.7 Å². The average Bonchev–Trinajstić information content (AvgIpc) is 3.26. The maximum atomic E-state index is 13.0. The molecule has 0 fully saturated rings. The summed E-state index contributed by atoms with van der Waals surface area (Å²) in [5, 5.41) is 0. The average molecular weight is 514 g/mol. The van der Waals surface area contributed by atoms with Crippen molar-refractivity contribution in [2.45, 2.75) is 53.5 Å². The molecule has 38 heavy (non-hydrogen) atoms. The molecule has 0 aliphatic carbocycles. The lowest BCUT2D eigenvalue weighted by Gasteiger charge is -2.25. The van der Waals surface area contributed by atoms with Crippen molar-refractivity contribution in [1.82, 2.24) is 14.5 Å². The van der Waals surface area contributed by atoms with Crippen LogP contribution in [0.15, 0.2) is 60.7 Å². The maximum Gasteiger partial charge on any atom is 0.321 e. The number of esters is 2. The lowest BCUT2D eigenvalue weighted by Crippen LogP contribution is -2.34. The zero-order valence-corrected chi connectivity index (χ0v) is 22.7. The number of rotatable bonds is 10. The van der Waals surface area contributed by atoms with E-state index < -0.39 is 23.8 Å². The van der Waals surface area contributed by atoms with Crippen LogP contribution in [0.2, 0.25) is 0 Å². The first-order valence-corrected chi connectivity index (χ1v) is 13.2. The lowest BCUT2D eigenvalue weighted by atomic mass is 9.80. The highest BCUT2D eigenvalue weighted by molar-refractivity contribution is 5.96. The van der Waals surface area contributed by atoms with Crippen molar-refractivity contribution in [2.24, 2.45) is 5.92 Å². The Balaban J connectivity index is 1.73. The molecule has 7 heteroatoms. The zero-order chi connectivity index (χ0) is 27.2. The van der Waals surface area contributed by atoms with Crippen LogP contribution in [0.5, 0.6) is 0 Å². The molecule has 2 heterocycles. The third kappa shape index (κ3) is 5.62. The molecule has 2 aromatic carbocycles. The van der Waals surface area contributed by atoms with Crippen LogP contribution in [-0.2, 0) is 32.0 Å². The molecule has 0 saturated heterocycles. The summed E-state index contributed by atoms with van der Waals surface area (Å²) >= 11 is 0. The summed E-state index contributed by atoms with van der Waals surface area (Å²) in [6.07, 6.45) is 0.795. The van der Waals surface area contributed by atoms with E-state index in [0.29, 0.717) is 6.54 Å². The van der Waals surface area contributed by atoms with Crippen molar-refractivity contribution >= 4 is 23.1 Å². The first kappa shape index (κ1) is 27.0. The monoisotopic (exact) mass is 513 g/mol. The van der Waals surface area contributed by atoms with E-state index in [2.05, 4.69) is 24.5 Å². The Morgan fingerprint density at radius 2 is 1.45 bits per heavy atom. The Morgan fingerprint density at radius 1 is 0.842 bits per heavy atom. The zero-order valence-electron chi connectivity index (χ0n) is 22.7. The number of aryl methyl sites for hydroxylation is 3. The molecular formula is C31H35N3O4. The molecule has 1 atom stereocenters. The molecule has 0 aliphatic rings. The van der Waals surface area contributed by atoms with Crippen LogP contribution in [0.4, 0.5) is 0 Å². The first-order valence-electron chi connectivity index (χ1n) is 13.2. The molecule has 0 aliphatic heterocycles. The molecule has 0 spiro atoms. The summed E-state index contributed by atoms with van der Waals surface area (Å²) in [6.45, 7) is 10.6. The van der Waals surface area contributed by atoms with Crippen LogP contribution in [0.3, 0.4) is 0 Å². The van der Waals surface area contributed by atoms with Crippen molar-refractivity contribution < 1.29 is 19.1 Å². The highest BCUT2D eigenvalue weighted by atomic mass is 16.6. The molecule has 0 saturated carbocycles. The number of hydrogen-bond donors (Lipinski definition) is 0. The molecule has 4 rings (SSSR count). The van der Waals surface area contributed by atoms with Gasteiger partial charge in [0, 0.05) is 18.0 Å². The summed E-state index contributed by atoms with van der Waals surface area (Å²) in [5.41, 5.74) is 6.64. The van der Waals surface area contributed by atoms with E-state index >= 15 is 0 Å². The molecule has 4 aromatic rings. The number of benzene rings is 2. The highest BCUT2D eigenvalue weighted by Gasteiger charge is 2.39. The van der Waals surface area contributed by atoms with Gasteiger partial charge in [-0.2, -0.15) is 0 Å². The number of fused-ring (bicyclic) bond motifs is 1. The third-order valence-electron chi connectivity index (χ3n) is 6.67. The number of pyridine rings is 1. The number of aromatic nitrogens is 3. The molecule has 1 unspecified atom stereocenters. The molecule has 7 nitrogen and oxygen atoms in total. The Kier molecular flexibility index (Phi) is 8.56. The highest BCUT2D eigenvalue weighted by Crippen LogP contribution is 2.34. The van der Waals surface area contributed by atoms with Crippen molar-refractivity contribution in [3.8, 4) is 0 Å². The van der Waals surface area contributed by atoms with E-state index in [0.717, 1.165) is 51.4 Å². The second-order valence-electron chi connectivity index (χ2n) is 9.33. The largest absolute Gasteiger partial charge is 0.465 e. The van der Waals surface area contributed by atoms with Crippen molar-refractivity contribution in [2.75, 3.05) is 13.2 Å². The van der Waals surface area contributed by atoms with Gasteiger partial charge in [-0.3, -0.25) is 9.59 Å². The molecule has 0 radical (unpaired) electrons. The summed E-state index contributed by atoms with van der Waals surface area (Å²) < 4.78 is 12.8. The van der Waals surface area contributed by atoms with E-state index in [-0.39, 0.29) is 13.2 Å². The summed E-state index contributed by atoms with van der Waals surface area (Å²) in [5.74, 6) is -1.84. The Bertz CT molecular complexity index is 1390. The predicted octanol–water partition coefficient (Wildman–Crippen LogP) is 5.53. The summed E-state index contributed by atoms with van der Waals surface area (Å²) in [7, 11) is 0. The van der Waals surface area contributed by atoms with Gasteiger partial charge in [-0.25, -0.2) is 9.97 Å². The number of nitrogens with zero attached hydrogens (tertiary/aromatic N) is 3. The van der Waals surface area contributed by atoms with Gasteiger partial charge in [-0.1, -0.05) is 61.5 Å². The van der Waals surface area contributed by atoms with E-state index in [4.69, 9.17) is 19.4 Å². The van der Waals surface area contributed by atoms with Gasteiger partial charge < -0.3 is 14.0 Å². The third-order valence-corrected chi connectivity index (χ3v) is 6.67.